The van der Waals surface area contributed by atoms with Crippen LogP contribution in [-0.4, -0.2) is 30.2 Å². The lowest BCUT2D eigenvalue weighted by Gasteiger charge is -2.20. The number of ether oxygens (including phenoxy) is 3. The summed E-state index contributed by atoms with van der Waals surface area (Å²) in [6.07, 6.45) is 5.81. The number of alkyl halides is 3. The zero-order valence-corrected chi connectivity index (χ0v) is 25.4. The molecule has 0 N–H and O–H groups in total. The normalized spacial score (nSPS) is 12.0. The molecule has 0 heterocycles. The second-order valence-electron chi connectivity index (χ2n) is 10.8. The Morgan fingerprint density at radius 3 is 1.56 bits per heavy atom. The number of hydrogen-bond acceptors (Lipinski definition) is 6. The molecule has 0 spiro atoms. The first-order chi connectivity index (χ1) is 20.6. The zero-order chi connectivity index (χ0) is 31.5. The third-order valence-electron chi connectivity index (χ3n) is 7.04. The van der Waals surface area contributed by atoms with Gasteiger partial charge in [0.2, 0.25) is 0 Å². The van der Waals surface area contributed by atoms with E-state index in [1.807, 2.05) is 0 Å². The Labute approximate surface area is 253 Å². The molecule has 0 amide bonds. The summed E-state index contributed by atoms with van der Waals surface area (Å²) in [4.78, 5) is 37.0. The Hall–Kier alpha value is -3.36. The Morgan fingerprint density at radius 2 is 1.05 bits per heavy atom. The van der Waals surface area contributed by atoms with E-state index in [1.54, 1.807) is 0 Å². The van der Waals surface area contributed by atoms with Gasteiger partial charge in [-0.1, -0.05) is 84.5 Å². The number of halogens is 3. The van der Waals surface area contributed by atoms with Crippen molar-refractivity contribution in [2.24, 2.45) is 0 Å². The zero-order valence-electron chi connectivity index (χ0n) is 25.4. The smallest absolute Gasteiger partial charge is 0.425 e. The Bertz CT molecular complexity index is 1100. The van der Waals surface area contributed by atoms with Crippen LogP contribution in [0.5, 0.6) is 11.5 Å². The number of esters is 3. The molecular weight excluding hydrogens is 561 g/mol. The maximum Gasteiger partial charge on any atom is 0.425 e. The summed E-state index contributed by atoms with van der Waals surface area (Å²) < 4.78 is 55.7. The molecule has 9 heteroatoms. The van der Waals surface area contributed by atoms with Gasteiger partial charge in [-0.3, -0.25) is 4.79 Å². The SMILES string of the molecule is CCCCCCCCCC(=O)Oc1ccc(C(=O)Oc2ccc(C(=O)OC(CCCCCCCC)C(F)(F)F)cc2)cc1. The molecule has 1 atom stereocenters. The number of carbonyl (C=O) groups excluding carboxylic acids is 3. The number of unbranched alkanes of at least 4 members (excludes halogenated alkanes) is 11. The molecule has 238 valence electrons. The van der Waals surface area contributed by atoms with Crippen LogP contribution < -0.4 is 9.47 Å². The van der Waals surface area contributed by atoms with Crippen molar-refractivity contribution in [3.8, 4) is 11.5 Å². The van der Waals surface area contributed by atoms with Crippen molar-refractivity contribution < 1.29 is 41.8 Å². The highest BCUT2D eigenvalue weighted by atomic mass is 19.4. The van der Waals surface area contributed by atoms with Gasteiger partial charge in [-0.25, -0.2) is 9.59 Å². The molecule has 0 fully saturated rings. The molecule has 0 bridgehead atoms. The molecule has 0 aliphatic heterocycles. The molecule has 2 rings (SSSR count). The molecule has 0 aromatic heterocycles. The first-order valence-corrected chi connectivity index (χ1v) is 15.5. The van der Waals surface area contributed by atoms with E-state index in [2.05, 4.69) is 13.8 Å². The van der Waals surface area contributed by atoms with Gasteiger partial charge in [0.1, 0.15) is 11.5 Å². The van der Waals surface area contributed by atoms with Gasteiger partial charge in [0.25, 0.3) is 0 Å². The first-order valence-electron chi connectivity index (χ1n) is 15.5. The second kappa shape index (κ2) is 19.8. The fourth-order valence-electron chi connectivity index (χ4n) is 4.49. The minimum absolute atomic E-state index is 0.0837. The van der Waals surface area contributed by atoms with Crippen molar-refractivity contribution in [3.05, 3.63) is 59.7 Å². The quantitative estimate of drug-likeness (QED) is 0.0848. The van der Waals surface area contributed by atoms with E-state index < -0.39 is 24.2 Å². The lowest BCUT2D eigenvalue weighted by molar-refractivity contribution is -0.206. The third-order valence-corrected chi connectivity index (χ3v) is 7.04. The van der Waals surface area contributed by atoms with Gasteiger partial charge in [0.15, 0.2) is 6.10 Å². The summed E-state index contributed by atoms with van der Waals surface area (Å²) in [7, 11) is 0. The predicted molar refractivity (Wildman–Crippen MR) is 159 cm³/mol. The predicted octanol–water partition coefficient (Wildman–Crippen LogP) is 9.79. The summed E-state index contributed by atoms with van der Waals surface area (Å²) >= 11 is 0. The van der Waals surface area contributed by atoms with E-state index >= 15 is 0 Å². The molecule has 0 saturated heterocycles. The highest BCUT2D eigenvalue weighted by Gasteiger charge is 2.42. The van der Waals surface area contributed by atoms with Crippen LogP contribution in [0.2, 0.25) is 0 Å². The van der Waals surface area contributed by atoms with Gasteiger partial charge in [0.05, 0.1) is 11.1 Å². The van der Waals surface area contributed by atoms with Crippen molar-refractivity contribution in [1.29, 1.82) is 0 Å². The summed E-state index contributed by atoms with van der Waals surface area (Å²) in [5.41, 5.74) is 0.123. The van der Waals surface area contributed by atoms with E-state index in [-0.39, 0.29) is 29.3 Å². The standard InChI is InChI=1S/C34H45F3O6/c1-3-5-7-9-11-13-15-17-31(38)41-28-22-18-26(19-23-28)32(39)42-29-24-20-27(21-25-29)33(40)43-30(34(35,36)37)16-14-12-10-8-6-4-2/h18-25,30H,3-17H2,1-2H3. The van der Waals surface area contributed by atoms with Crippen molar-refractivity contribution in [2.45, 2.75) is 122 Å². The van der Waals surface area contributed by atoms with Crippen molar-refractivity contribution in [1.82, 2.24) is 0 Å². The van der Waals surface area contributed by atoms with Crippen LogP contribution in [0.1, 0.15) is 131 Å². The van der Waals surface area contributed by atoms with Gasteiger partial charge in [-0.15, -0.1) is 0 Å². The molecular formula is C34H45F3O6. The van der Waals surface area contributed by atoms with E-state index in [9.17, 15) is 27.6 Å². The Balaban J connectivity index is 1.80. The highest BCUT2D eigenvalue weighted by Crippen LogP contribution is 2.28. The monoisotopic (exact) mass is 606 g/mol. The minimum Gasteiger partial charge on any atom is -0.449 e. The lowest BCUT2D eigenvalue weighted by Crippen LogP contribution is -2.33. The fourth-order valence-corrected chi connectivity index (χ4v) is 4.49. The Morgan fingerprint density at radius 1 is 0.605 bits per heavy atom. The van der Waals surface area contributed by atoms with Crippen LogP contribution in [0.3, 0.4) is 0 Å². The fraction of sp³-hybridized carbons (Fsp3) is 0.559. The molecule has 0 saturated carbocycles. The number of benzene rings is 2. The maximum atomic E-state index is 13.4. The van der Waals surface area contributed by atoms with Crippen LogP contribution in [0, 0.1) is 0 Å². The number of carbonyl (C=O) groups is 3. The third kappa shape index (κ3) is 14.6. The summed E-state index contributed by atoms with van der Waals surface area (Å²) in [5, 5.41) is 0. The van der Waals surface area contributed by atoms with E-state index in [4.69, 9.17) is 14.2 Å². The Kier molecular flexibility index (Phi) is 16.5. The highest BCUT2D eigenvalue weighted by molar-refractivity contribution is 5.92. The molecule has 1 unspecified atom stereocenters. The van der Waals surface area contributed by atoms with Crippen molar-refractivity contribution in [3.63, 3.8) is 0 Å². The van der Waals surface area contributed by atoms with Crippen molar-refractivity contribution >= 4 is 17.9 Å². The number of hydrogen-bond donors (Lipinski definition) is 0. The van der Waals surface area contributed by atoms with E-state index in [0.717, 1.165) is 44.9 Å². The minimum atomic E-state index is -4.66. The van der Waals surface area contributed by atoms with E-state index in [1.165, 1.54) is 74.2 Å². The topological polar surface area (TPSA) is 78.9 Å². The second-order valence-corrected chi connectivity index (χ2v) is 10.8. The first kappa shape index (κ1) is 35.8. The summed E-state index contributed by atoms with van der Waals surface area (Å²) in [6, 6.07) is 11.0. The van der Waals surface area contributed by atoms with Crippen LogP contribution in [0.4, 0.5) is 13.2 Å². The van der Waals surface area contributed by atoms with Gasteiger partial charge >= 0.3 is 24.1 Å². The van der Waals surface area contributed by atoms with Gasteiger partial charge < -0.3 is 14.2 Å². The van der Waals surface area contributed by atoms with Crippen LogP contribution in [0.25, 0.3) is 0 Å². The van der Waals surface area contributed by atoms with Crippen molar-refractivity contribution in [2.75, 3.05) is 0 Å². The largest absolute Gasteiger partial charge is 0.449 e. The van der Waals surface area contributed by atoms with E-state index in [0.29, 0.717) is 25.0 Å². The molecule has 43 heavy (non-hydrogen) atoms. The number of rotatable bonds is 20. The average Bonchev–Trinajstić information content (AvgIpc) is 2.98. The van der Waals surface area contributed by atoms with Gasteiger partial charge in [0, 0.05) is 6.42 Å². The average molecular weight is 607 g/mol. The molecule has 0 radical (unpaired) electrons. The molecule has 0 aliphatic rings. The van der Waals surface area contributed by atoms with Crippen LogP contribution in [0.15, 0.2) is 48.5 Å². The maximum absolute atomic E-state index is 13.4. The van der Waals surface area contributed by atoms with Crippen LogP contribution >= 0.6 is 0 Å². The molecule has 2 aromatic carbocycles. The van der Waals surface area contributed by atoms with Gasteiger partial charge in [-0.2, -0.15) is 13.2 Å². The summed E-state index contributed by atoms with van der Waals surface area (Å²) in [6.45, 7) is 4.24. The molecule has 2 aromatic rings. The summed E-state index contributed by atoms with van der Waals surface area (Å²) in [5.74, 6) is -1.69. The van der Waals surface area contributed by atoms with Gasteiger partial charge in [-0.05, 0) is 67.8 Å². The lowest BCUT2D eigenvalue weighted by atomic mass is 10.1. The van der Waals surface area contributed by atoms with Crippen LogP contribution in [-0.2, 0) is 9.53 Å². The molecule has 0 aliphatic carbocycles. The molecule has 6 nitrogen and oxygen atoms in total.